The van der Waals surface area contributed by atoms with Gasteiger partial charge in [0.15, 0.2) is 11.2 Å². The summed E-state index contributed by atoms with van der Waals surface area (Å²) in [6.07, 6.45) is 0.897. The molecule has 0 spiro atoms. The molecule has 0 amide bonds. The number of imidazole rings is 1. The number of hydrogen-bond donors (Lipinski definition) is 0. The van der Waals surface area contributed by atoms with Gasteiger partial charge >= 0.3 is 5.69 Å². The highest BCUT2D eigenvalue weighted by atomic mass is 16.5. The van der Waals surface area contributed by atoms with Crippen LogP contribution in [0.4, 0.5) is 11.6 Å². The van der Waals surface area contributed by atoms with E-state index in [-0.39, 0.29) is 17.8 Å². The first kappa shape index (κ1) is 18.5. The number of anilines is 2. The minimum Gasteiger partial charge on any atom is -0.380 e. The van der Waals surface area contributed by atoms with Crippen LogP contribution in [0.5, 0.6) is 0 Å². The standard InChI is InChI=1S/C20H25N5O3/c1-4-28-13-12-25-18(26)16-17(22(3)20(25)27)21-19-23(10-7-11-24(16)19)15-9-6-5-8-14(15)2/h5-6,8-9H,4,7,10-13H2,1-3H3. The lowest BCUT2D eigenvalue weighted by atomic mass is 10.1. The molecule has 0 fully saturated rings. The third-order valence-corrected chi connectivity index (χ3v) is 5.29. The lowest BCUT2D eigenvalue weighted by Crippen LogP contribution is -2.40. The molecule has 3 aromatic rings. The number of fused-ring (bicyclic) bond motifs is 3. The topological polar surface area (TPSA) is 74.3 Å². The first-order chi connectivity index (χ1) is 13.5. The van der Waals surface area contributed by atoms with Crippen LogP contribution in [0.2, 0.25) is 0 Å². The average Bonchev–Trinajstić information content (AvgIpc) is 3.09. The Bertz CT molecular complexity index is 1140. The molecule has 1 aromatic carbocycles. The highest BCUT2D eigenvalue weighted by Crippen LogP contribution is 2.32. The summed E-state index contributed by atoms with van der Waals surface area (Å²) < 4.78 is 10.0. The summed E-state index contributed by atoms with van der Waals surface area (Å²) in [5, 5.41) is 0. The lowest BCUT2D eigenvalue weighted by Gasteiger charge is -2.30. The summed E-state index contributed by atoms with van der Waals surface area (Å²) in [6, 6.07) is 8.13. The zero-order chi connectivity index (χ0) is 19.8. The van der Waals surface area contributed by atoms with E-state index in [1.807, 2.05) is 23.6 Å². The average molecular weight is 383 g/mol. The molecule has 0 N–H and O–H groups in total. The Morgan fingerprint density at radius 2 is 1.96 bits per heavy atom. The normalized spacial score (nSPS) is 13.9. The molecular weight excluding hydrogens is 358 g/mol. The van der Waals surface area contributed by atoms with Crippen molar-refractivity contribution in [2.75, 3.05) is 24.7 Å². The number of nitrogens with zero attached hydrogens (tertiary/aromatic N) is 5. The van der Waals surface area contributed by atoms with Crippen LogP contribution in [0.1, 0.15) is 18.9 Å². The maximum Gasteiger partial charge on any atom is 0.332 e. The molecule has 0 radical (unpaired) electrons. The highest BCUT2D eigenvalue weighted by molar-refractivity contribution is 5.77. The van der Waals surface area contributed by atoms with Crippen molar-refractivity contribution in [3.63, 3.8) is 0 Å². The van der Waals surface area contributed by atoms with Crippen LogP contribution >= 0.6 is 0 Å². The van der Waals surface area contributed by atoms with E-state index >= 15 is 0 Å². The molecule has 0 atom stereocenters. The van der Waals surface area contributed by atoms with Crippen molar-refractivity contribution < 1.29 is 4.74 Å². The molecule has 8 nitrogen and oxygen atoms in total. The Morgan fingerprint density at radius 3 is 2.71 bits per heavy atom. The zero-order valence-electron chi connectivity index (χ0n) is 16.5. The SMILES string of the molecule is CCOCCn1c(=O)c2c(nc3n2CCCN3c2ccccc2C)n(C)c1=O. The summed E-state index contributed by atoms with van der Waals surface area (Å²) in [5.74, 6) is 0.713. The van der Waals surface area contributed by atoms with Gasteiger partial charge in [0.05, 0.1) is 13.2 Å². The second-order valence-electron chi connectivity index (χ2n) is 7.02. The Labute approximate surface area is 162 Å². The van der Waals surface area contributed by atoms with Gasteiger partial charge in [0.1, 0.15) is 0 Å². The van der Waals surface area contributed by atoms with Crippen LogP contribution in [-0.2, 0) is 24.9 Å². The summed E-state index contributed by atoms with van der Waals surface area (Å²) in [5.41, 5.74) is 2.45. The Hall–Kier alpha value is -2.87. The van der Waals surface area contributed by atoms with Crippen LogP contribution in [0.15, 0.2) is 33.9 Å². The van der Waals surface area contributed by atoms with Gasteiger partial charge in [0.2, 0.25) is 5.95 Å². The van der Waals surface area contributed by atoms with E-state index in [1.54, 1.807) is 7.05 Å². The predicted octanol–water partition coefficient (Wildman–Crippen LogP) is 1.78. The molecule has 1 aliphatic rings. The Balaban J connectivity index is 1.92. The van der Waals surface area contributed by atoms with E-state index in [2.05, 4.69) is 24.0 Å². The van der Waals surface area contributed by atoms with Crippen LogP contribution in [-0.4, -0.2) is 38.4 Å². The monoisotopic (exact) mass is 383 g/mol. The van der Waals surface area contributed by atoms with Gasteiger partial charge in [0, 0.05) is 32.4 Å². The molecular formula is C20H25N5O3. The largest absolute Gasteiger partial charge is 0.380 e. The summed E-state index contributed by atoms with van der Waals surface area (Å²) >= 11 is 0. The van der Waals surface area contributed by atoms with Crippen LogP contribution in [0.3, 0.4) is 0 Å². The van der Waals surface area contributed by atoms with Gasteiger partial charge < -0.3 is 14.2 Å². The Kier molecular flexibility index (Phi) is 4.80. The second-order valence-corrected chi connectivity index (χ2v) is 7.02. The number of aromatic nitrogens is 4. The number of aryl methyl sites for hydroxylation is 3. The molecule has 0 bridgehead atoms. The molecule has 0 saturated heterocycles. The van der Waals surface area contributed by atoms with Gasteiger partial charge in [-0.15, -0.1) is 0 Å². The van der Waals surface area contributed by atoms with Crippen molar-refractivity contribution in [2.45, 2.75) is 33.4 Å². The quantitative estimate of drug-likeness (QED) is 0.628. The van der Waals surface area contributed by atoms with E-state index in [0.717, 1.165) is 24.2 Å². The van der Waals surface area contributed by atoms with E-state index in [1.165, 1.54) is 9.13 Å². The number of rotatable bonds is 5. The van der Waals surface area contributed by atoms with Crippen LogP contribution < -0.4 is 16.1 Å². The molecule has 3 heterocycles. The third-order valence-electron chi connectivity index (χ3n) is 5.29. The lowest BCUT2D eigenvalue weighted by molar-refractivity contribution is 0.137. The van der Waals surface area contributed by atoms with Crippen molar-refractivity contribution in [2.24, 2.45) is 7.05 Å². The minimum atomic E-state index is -0.366. The molecule has 28 heavy (non-hydrogen) atoms. The van der Waals surface area contributed by atoms with E-state index in [4.69, 9.17) is 9.72 Å². The molecule has 148 valence electrons. The Morgan fingerprint density at radius 1 is 1.18 bits per heavy atom. The molecule has 0 aliphatic carbocycles. The first-order valence-corrected chi connectivity index (χ1v) is 9.65. The smallest absolute Gasteiger partial charge is 0.332 e. The van der Waals surface area contributed by atoms with Crippen molar-refractivity contribution in [3.8, 4) is 0 Å². The van der Waals surface area contributed by atoms with Gasteiger partial charge in [-0.2, -0.15) is 4.98 Å². The zero-order valence-corrected chi connectivity index (χ0v) is 16.5. The van der Waals surface area contributed by atoms with Crippen molar-refractivity contribution in [1.29, 1.82) is 0 Å². The van der Waals surface area contributed by atoms with Crippen molar-refractivity contribution in [1.82, 2.24) is 18.7 Å². The third kappa shape index (κ3) is 2.84. The predicted molar refractivity (Wildman–Crippen MR) is 109 cm³/mol. The number of para-hydroxylation sites is 1. The van der Waals surface area contributed by atoms with Crippen molar-refractivity contribution in [3.05, 3.63) is 50.7 Å². The second kappa shape index (κ2) is 7.27. The van der Waals surface area contributed by atoms with Gasteiger partial charge in [-0.1, -0.05) is 18.2 Å². The van der Waals surface area contributed by atoms with Crippen molar-refractivity contribution >= 4 is 22.8 Å². The summed E-state index contributed by atoms with van der Waals surface area (Å²) in [6.45, 7) is 6.58. The molecule has 0 unspecified atom stereocenters. The van der Waals surface area contributed by atoms with Crippen LogP contribution in [0, 0.1) is 6.92 Å². The van der Waals surface area contributed by atoms with Gasteiger partial charge in [-0.05, 0) is 31.9 Å². The van der Waals surface area contributed by atoms with E-state index in [9.17, 15) is 9.59 Å². The summed E-state index contributed by atoms with van der Waals surface area (Å²) in [4.78, 5) is 32.7. The minimum absolute atomic E-state index is 0.233. The molecule has 2 aromatic heterocycles. The number of ether oxygens (including phenoxy) is 1. The first-order valence-electron chi connectivity index (χ1n) is 9.65. The fraction of sp³-hybridized carbons (Fsp3) is 0.450. The molecule has 8 heteroatoms. The van der Waals surface area contributed by atoms with Gasteiger partial charge in [-0.25, -0.2) is 4.79 Å². The fourth-order valence-corrected chi connectivity index (χ4v) is 3.86. The van der Waals surface area contributed by atoms with E-state index < -0.39 is 0 Å². The molecule has 4 rings (SSSR count). The molecule has 0 saturated carbocycles. The van der Waals surface area contributed by atoms with Gasteiger partial charge in [0.25, 0.3) is 5.56 Å². The maximum atomic E-state index is 13.2. The maximum absolute atomic E-state index is 13.2. The fourth-order valence-electron chi connectivity index (χ4n) is 3.86. The van der Waals surface area contributed by atoms with Crippen LogP contribution in [0.25, 0.3) is 11.2 Å². The summed E-state index contributed by atoms with van der Waals surface area (Å²) in [7, 11) is 1.67. The number of hydrogen-bond acceptors (Lipinski definition) is 5. The number of benzene rings is 1. The van der Waals surface area contributed by atoms with Gasteiger partial charge in [-0.3, -0.25) is 13.9 Å². The van der Waals surface area contributed by atoms with E-state index in [0.29, 0.717) is 36.9 Å². The molecule has 1 aliphatic heterocycles. The highest BCUT2D eigenvalue weighted by Gasteiger charge is 2.27.